The molecule has 0 bridgehead atoms. The maximum Gasteiger partial charge on any atom is 0.416 e. The van der Waals surface area contributed by atoms with E-state index in [2.05, 4.69) is 10.5 Å². The van der Waals surface area contributed by atoms with Gasteiger partial charge in [0, 0.05) is 0 Å². The molecule has 2 aromatic rings. The van der Waals surface area contributed by atoms with Crippen LogP contribution in [0.25, 0.3) is 0 Å². The number of hydrogen-bond donors (Lipinski definition) is 1. The zero-order chi connectivity index (χ0) is 21.8. The Bertz CT molecular complexity index is 1020. The van der Waals surface area contributed by atoms with Gasteiger partial charge >= 0.3 is 6.18 Å². The zero-order valence-electron chi connectivity index (χ0n) is 15.4. The Kier molecular flexibility index (Phi) is 6.91. The molecule has 11 heteroatoms. The molecule has 2 rings (SSSR count). The fourth-order valence-corrected chi connectivity index (χ4v) is 3.39. The lowest BCUT2D eigenvalue weighted by Crippen LogP contribution is -2.39. The standard InChI is InChI=1S/C18H17ClF3N3O3S/c1-12-3-5-13(6-4-12)10-23-24-17(26)11-25(29(2,27)28)16-9-14(18(20,21)22)7-8-15(16)19/h3-10H,11H2,1-2H3,(H,24,26)/b23-10-. The number of benzene rings is 2. The molecule has 0 fully saturated rings. The topological polar surface area (TPSA) is 78.8 Å². The van der Waals surface area contributed by atoms with Crippen LogP contribution in [0.3, 0.4) is 0 Å². The molecule has 1 amide bonds. The lowest BCUT2D eigenvalue weighted by Gasteiger charge is -2.23. The minimum Gasteiger partial charge on any atom is -0.271 e. The van der Waals surface area contributed by atoms with Crippen molar-refractivity contribution in [2.75, 3.05) is 17.1 Å². The van der Waals surface area contributed by atoms with Gasteiger partial charge in [0.1, 0.15) is 6.54 Å². The molecule has 0 spiro atoms. The quantitative estimate of drug-likeness (QED) is 0.543. The molecule has 0 aliphatic rings. The van der Waals surface area contributed by atoms with Crippen molar-refractivity contribution in [3.05, 3.63) is 64.2 Å². The van der Waals surface area contributed by atoms with Gasteiger partial charge in [0.2, 0.25) is 10.0 Å². The molecule has 0 saturated heterocycles. The van der Waals surface area contributed by atoms with Crippen molar-refractivity contribution in [3.63, 3.8) is 0 Å². The van der Waals surface area contributed by atoms with Gasteiger partial charge in [0.25, 0.3) is 5.91 Å². The average Bonchev–Trinajstić information content (AvgIpc) is 2.60. The molecule has 29 heavy (non-hydrogen) atoms. The molecule has 0 saturated carbocycles. The number of amides is 1. The summed E-state index contributed by atoms with van der Waals surface area (Å²) in [7, 11) is -4.11. The van der Waals surface area contributed by atoms with E-state index in [9.17, 15) is 26.4 Å². The summed E-state index contributed by atoms with van der Waals surface area (Å²) in [4.78, 5) is 12.1. The first-order valence-corrected chi connectivity index (χ1v) is 10.3. The van der Waals surface area contributed by atoms with E-state index in [-0.39, 0.29) is 5.02 Å². The van der Waals surface area contributed by atoms with Gasteiger partial charge in [-0.2, -0.15) is 18.3 Å². The zero-order valence-corrected chi connectivity index (χ0v) is 16.9. The summed E-state index contributed by atoms with van der Waals surface area (Å²) < 4.78 is 63.5. The molecule has 0 atom stereocenters. The van der Waals surface area contributed by atoms with Gasteiger partial charge in [-0.15, -0.1) is 0 Å². The van der Waals surface area contributed by atoms with E-state index in [1.165, 1.54) is 6.21 Å². The van der Waals surface area contributed by atoms with Crippen LogP contribution in [-0.2, 0) is 21.0 Å². The highest BCUT2D eigenvalue weighted by molar-refractivity contribution is 7.92. The summed E-state index contributed by atoms with van der Waals surface area (Å²) in [6.07, 6.45) is -2.60. The molecule has 0 radical (unpaired) electrons. The Balaban J connectivity index is 2.22. The highest BCUT2D eigenvalue weighted by Crippen LogP contribution is 2.36. The summed E-state index contributed by atoms with van der Waals surface area (Å²) >= 11 is 5.89. The van der Waals surface area contributed by atoms with Gasteiger partial charge in [-0.05, 0) is 30.7 Å². The molecular weight excluding hydrogens is 431 g/mol. The molecule has 2 aromatic carbocycles. The maximum absolute atomic E-state index is 13.0. The van der Waals surface area contributed by atoms with Crippen LogP contribution < -0.4 is 9.73 Å². The Morgan fingerprint density at radius 2 is 1.83 bits per heavy atom. The van der Waals surface area contributed by atoms with E-state index >= 15 is 0 Å². The highest BCUT2D eigenvalue weighted by atomic mass is 35.5. The average molecular weight is 448 g/mol. The second-order valence-corrected chi connectivity index (χ2v) is 8.45. The van der Waals surface area contributed by atoms with Crippen LogP contribution in [0.1, 0.15) is 16.7 Å². The number of alkyl halides is 3. The number of hydrogen-bond acceptors (Lipinski definition) is 4. The highest BCUT2D eigenvalue weighted by Gasteiger charge is 2.33. The van der Waals surface area contributed by atoms with Crippen LogP contribution >= 0.6 is 11.6 Å². The first-order chi connectivity index (χ1) is 13.4. The SMILES string of the molecule is Cc1ccc(/C=N\NC(=O)CN(c2cc(C(F)(F)F)ccc2Cl)S(C)(=O)=O)cc1. The molecule has 156 valence electrons. The molecule has 6 nitrogen and oxygen atoms in total. The number of halogens is 4. The summed E-state index contributed by atoms with van der Waals surface area (Å²) in [6.45, 7) is 1.10. The van der Waals surface area contributed by atoms with E-state index in [1.54, 1.807) is 12.1 Å². The number of nitrogens with zero attached hydrogens (tertiary/aromatic N) is 2. The predicted octanol–water partition coefficient (Wildman–Crippen LogP) is 3.58. The van der Waals surface area contributed by atoms with Gasteiger partial charge in [-0.1, -0.05) is 41.4 Å². The van der Waals surface area contributed by atoms with Gasteiger partial charge in [0.05, 0.1) is 28.7 Å². The number of rotatable bonds is 6. The van der Waals surface area contributed by atoms with Crippen molar-refractivity contribution in [1.82, 2.24) is 5.43 Å². The second kappa shape index (κ2) is 8.83. The van der Waals surface area contributed by atoms with Gasteiger partial charge in [-0.3, -0.25) is 9.10 Å². The minimum atomic E-state index is -4.71. The summed E-state index contributed by atoms with van der Waals surface area (Å²) in [6, 6.07) is 9.41. The molecule has 0 aromatic heterocycles. The number of nitrogens with one attached hydrogen (secondary N) is 1. The van der Waals surface area contributed by atoms with Crippen LogP contribution in [0.4, 0.5) is 18.9 Å². The van der Waals surface area contributed by atoms with Crippen molar-refractivity contribution < 1.29 is 26.4 Å². The Labute approximate surface area is 171 Å². The lowest BCUT2D eigenvalue weighted by atomic mass is 10.2. The van der Waals surface area contributed by atoms with Crippen molar-refractivity contribution in [2.45, 2.75) is 13.1 Å². The van der Waals surface area contributed by atoms with Gasteiger partial charge in [0.15, 0.2) is 0 Å². The lowest BCUT2D eigenvalue weighted by molar-refractivity contribution is -0.137. The first kappa shape index (κ1) is 22.7. The van der Waals surface area contributed by atoms with E-state index in [0.29, 0.717) is 15.9 Å². The number of carbonyl (C=O) groups excluding carboxylic acids is 1. The Morgan fingerprint density at radius 3 is 2.38 bits per heavy atom. The number of aryl methyl sites for hydroxylation is 1. The van der Waals surface area contributed by atoms with E-state index in [0.717, 1.165) is 24.0 Å². The van der Waals surface area contributed by atoms with Crippen LogP contribution in [0.2, 0.25) is 5.02 Å². The third kappa shape index (κ3) is 6.47. The van der Waals surface area contributed by atoms with Crippen LogP contribution in [-0.4, -0.2) is 33.3 Å². The van der Waals surface area contributed by atoms with Gasteiger partial charge in [-0.25, -0.2) is 13.8 Å². The monoisotopic (exact) mass is 447 g/mol. The van der Waals surface area contributed by atoms with Crippen LogP contribution in [0.15, 0.2) is 47.6 Å². The normalized spacial score (nSPS) is 12.2. The maximum atomic E-state index is 13.0. The Morgan fingerprint density at radius 1 is 1.21 bits per heavy atom. The van der Waals surface area contributed by atoms with Crippen molar-refractivity contribution in [2.24, 2.45) is 5.10 Å². The van der Waals surface area contributed by atoms with E-state index in [1.807, 2.05) is 19.1 Å². The summed E-state index contributed by atoms with van der Waals surface area (Å²) in [5.74, 6) is -0.854. The van der Waals surface area contributed by atoms with Gasteiger partial charge < -0.3 is 0 Å². The third-order valence-corrected chi connectivity index (χ3v) is 5.16. The minimum absolute atomic E-state index is 0.251. The number of anilines is 1. The molecule has 0 aliphatic carbocycles. The smallest absolute Gasteiger partial charge is 0.271 e. The fourth-order valence-electron chi connectivity index (χ4n) is 2.26. The fraction of sp³-hybridized carbons (Fsp3) is 0.222. The van der Waals surface area contributed by atoms with E-state index in [4.69, 9.17) is 11.6 Å². The first-order valence-electron chi connectivity index (χ1n) is 8.11. The van der Waals surface area contributed by atoms with Crippen LogP contribution in [0, 0.1) is 6.92 Å². The largest absolute Gasteiger partial charge is 0.416 e. The number of hydrazone groups is 1. The number of sulfonamides is 1. The summed E-state index contributed by atoms with van der Waals surface area (Å²) in [5.41, 5.74) is 2.32. The van der Waals surface area contributed by atoms with Crippen molar-refractivity contribution >= 4 is 39.4 Å². The third-order valence-electron chi connectivity index (χ3n) is 3.71. The van der Waals surface area contributed by atoms with E-state index < -0.39 is 39.9 Å². The molecule has 0 heterocycles. The summed E-state index contributed by atoms with van der Waals surface area (Å²) in [5, 5.41) is 3.47. The molecule has 1 N–H and O–H groups in total. The second-order valence-electron chi connectivity index (χ2n) is 6.14. The molecule has 0 unspecified atom stereocenters. The predicted molar refractivity (Wildman–Crippen MR) is 106 cm³/mol. The molecule has 0 aliphatic heterocycles. The van der Waals surface area contributed by atoms with Crippen molar-refractivity contribution in [1.29, 1.82) is 0 Å². The number of carbonyl (C=O) groups is 1. The Hall–Kier alpha value is -2.59. The van der Waals surface area contributed by atoms with Crippen molar-refractivity contribution in [3.8, 4) is 0 Å². The van der Waals surface area contributed by atoms with Crippen LogP contribution in [0.5, 0.6) is 0 Å². The molecular formula is C18H17ClF3N3O3S.